The maximum atomic E-state index is 13.5. The molecule has 0 radical (unpaired) electrons. The van der Waals surface area contributed by atoms with Gasteiger partial charge in [-0.3, -0.25) is 4.79 Å². The van der Waals surface area contributed by atoms with E-state index in [0.717, 1.165) is 5.01 Å². The number of para-hydroxylation sites is 1. The molecule has 122 valence electrons. The number of aromatic nitrogens is 3. The van der Waals surface area contributed by atoms with E-state index in [2.05, 4.69) is 20.3 Å². The van der Waals surface area contributed by atoms with Crippen molar-refractivity contribution >= 4 is 22.9 Å². The molecule has 0 fully saturated rings. The Labute approximate surface area is 141 Å². The fourth-order valence-electron chi connectivity index (χ4n) is 1.99. The van der Waals surface area contributed by atoms with Crippen LogP contribution in [0.2, 0.25) is 0 Å². The summed E-state index contributed by atoms with van der Waals surface area (Å²) in [4.78, 5) is 24.9. The molecule has 0 aliphatic rings. The SMILES string of the molecule is Cc1nc(C)c(C(=O)Nc2cnc(Oc3ccccc3F)nc2)s1. The van der Waals surface area contributed by atoms with Crippen LogP contribution in [0.4, 0.5) is 10.1 Å². The zero-order valence-electron chi connectivity index (χ0n) is 12.9. The highest BCUT2D eigenvalue weighted by Gasteiger charge is 2.14. The molecule has 0 atom stereocenters. The van der Waals surface area contributed by atoms with Crippen molar-refractivity contribution in [1.82, 2.24) is 15.0 Å². The highest BCUT2D eigenvalue weighted by atomic mass is 32.1. The number of amides is 1. The number of halogens is 1. The van der Waals surface area contributed by atoms with E-state index in [9.17, 15) is 9.18 Å². The molecule has 0 saturated carbocycles. The monoisotopic (exact) mass is 344 g/mol. The van der Waals surface area contributed by atoms with E-state index in [1.165, 1.54) is 35.9 Å². The van der Waals surface area contributed by atoms with Crippen LogP contribution in [0, 0.1) is 19.7 Å². The average molecular weight is 344 g/mol. The number of thiazole rings is 1. The normalized spacial score (nSPS) is 10.5. The van der Waals surface area contributed by atoms with Crippen molar-refractivity contribution in [2.24, 2.45) is 0 Å². The number of aryl methyl sites for hydroxylation is 2. The van der Waals surface area contributed by atoms with E-state index < -0.39 is 5.82 Å². The Morgan fingerprint density at radius 1 is 1.21 bits per heavy atom. The highest BCUT2D eigenvalue weighted by molar-refractivity contribution is 7.13. The van der Waals surface area contributed by atoms with Gasteiger partial charge in [-0.15, -0.1) is 11.3 Å². The predicted molar refractivity (Wildman–Crippen MR) is 88.0 cm³/mol. The van der Waals surface area contributed by atoms with Gasteiger partial charge >= 0.3 is 6.01 Å². The Hall–Kier alpha value is -2.87. The summed E-state index contributed by atoms with van der Waals surface area (Å²) in [6, 6.07) is 5.95. The number of benzene rings is 1. The number of hydrogen-bond donors (Lipinski definition) is 1. The predicted octanol–water partition coefficient (Wildman–Crippen LogP) is 3.73. The molecule has 1 amide bonds. The van der Waals surface area contributed by atoms with Gasteiger partial charge < -0.3 is 10.1 Å². The molecule has 2 aromatic heterocycles. The van der Waals surface area contributed by atoms with Crippen LogP contribution in [-0.4, -0.2) is 20.9 Å². The summed E-state index contributed by atoms with van der Waals surface area (Å²) < 4.78 is 18.8. The van der Waals surface area contributed by atoms with Gasteiger partial charge in [0, 0.05) is 0 Å². The molecule has 0 unspecified atom stereocenters. The Balaban J connectivity index is 1.70. The third kappa shape index (κ3) is 3.54. The second-order valence-electron chi connectivity index (χ2n) is 4.89. The van der Waals surface area contributed by atoms with Gasteiger partial charge in [-0.05, 0) is 26.0 Å². The largest absolute Gasteiger partial charge is 0.421 e. The zero-order valence-corrected chi connectivity index (χ0v) is 13.7. The third-order valence-corrected chi connectivity index (χ3v) is 4.11. The third-order valence-electron chi connectivity index (χ3n) is 3.03. The zero-order chi connectivity index (χ0) is 17.1. The topological polar surface area (TPSA) is 77.0 Å². The second-order valence-corrected chi connectivity index (χ2v) is 6.09. The Kier molecular flexibility index (Phi) is 4.48. The minimum atomic E-state index is -0.505. The molecule has 1 aromatic carbocycles. The molecule has 6 nitrogen and oxygen atoms in total. The summed E-state index contributed by atoms with van der Waals surface area (Å²) in [5.41, 5.74) is 1.08. The van der Waals surface area contributed by atoms with Gasteiger partial charge in [0.05, 0.1) is 28.8 Å². The number of ether oxygens (including phenoxy) is 1. The van der Waals surface area contributed by atoms with E-state index in [1.54, 1.807) is 19.1 Å². The molecule has 0 spiro atoms. The molecular formula is C16H13FN4O2S. The molecule has 0 bridgehead atoms. The van der Waals surface area contributed by atoms with Crippen molar-refractivity contribution < 1.29 is 13.9 Å². The molecule has 0 saturated heterocycles. The summed E-state index contributed by atoms with van der Waals surface area (Å²) in [7, 11) is 0. The van der Waals surface area contributed by atoms with Crippen LogP contribution in [0.3, 0.4) is 0 Å². The van der Waals surface area contributed by atoms with Crippen molar-refractivity contribution in [3.8, 4) is 11.8 Å². The number of carbonyl (C=O) groups is 1. The average Bonchev–Trinajstić information content (AvgIpc) is 2.90. The van der Waals surface area contributed by atoms with E-state index >= 15 is 0 Å². The first-order chi connectivity index (χ1) is 11.5. The molecule has 1 N–H and O–H groups in total. The number of nitrogens with one attached hydrogen (secondary N) is 1. The molecule has 8 heteroatoms. The second kappa shape index (κ2) is 6.71. The number of rotatable bonds is 4. The van der Waals surface area contributed by atoms with E-state index in [-0.39, 0.29) is 17.7 Å². The van der Waals surface area contributed by atoms with Gasteiger partial charge in [0.2, 0.25) is 0 Å². The number of hydrogen-bond acceptors (Lipinski definition) is 6. The Morgan fingerprint density at radius 2 is 1.92 bits per heavy atom. The van der Waals surface area contributed by atoms with E-state index in [1.807, 2.05) is 6.92 Å². The lowest BCUT2D eigenvalue weighted by Crippen LogP contribution is -2.12. The van der Waals surface area contributed by atoms with Crippen molar-refractivity contribution in [3.63, 3.8) is 0 Å². The van der Waals surface area contributed by atoms with Crippen molar-refractivity contribution in [2.45, 2.75) is 13.8 Å². The first-order valence-corrected chi connectivity index (χ1v) is 7.84. The van der Waals surface area contributed by atoms with E-state index in [4.69, 9.17) is 4.74 Å². The van der Waals surface area contributed by atoms with Crippen molar-refractivity contribution in [2.75, 3.05) is 5.32 Å². The molecule has 3 aromatic rings. The molecule has 3 rings (SSSR count). The van der Waals surface area contributed by atoms with Crippen LogP contribution in [0.1, 0.15) is 20.4 Å². The molecule has 2 heterocycles. The minimum Gasteiger partial charge on any atom is -0.421 e. The fraction of sp³-hybridized carbons (Fsp3) is 0.125. The molecule has 24 heavy (non-hydrogen) atoms. The lowest BCUT2D eigenvalue weighted by Gasteiger charge is -2.06. The van der Waals surface area contributed by atoms with Crippen molar-refractivity contribution in [3.05, 3.63) is 58.1 Å². The fourth-order valence-corrected chi connectivity index (χ4v) is 2.80. The van der Waals surface area contributed by atoms with Gasteiger partial charge in [-0.25, -0.2) is 19.3 Å². The summed E-state index contributed by atoms with van der Waals surface area (Å²) in [5, 5.41) is 3.51. The Bertz CT molecular complexity index is 880. The van der Waals surface area contributed by atoms with Crippen LogP contribution in [0.5, 0.6) is 11.8 Å². The lowest BCUT2D eigenvalue weighted by molar-refractivity contribution is 0.102. The van der Waals surface area contributed by atoms with Gasteiger partial charge in [0.1, 0.15) is 4.88 Å². The summed E-state index contributed by atoms with van der Waals surface area (Å²) in [6.45, 7) is 3.62. The first-order valence-electron chi connectivity index (χ1n) is 7.03. The lowest BCUT2D eigenvalue weighted by atomic mass is 10.3. The first kappa shape index (κ1) is 16.0. The standard InChI is InChI=1S/C16H13FN4O2S/c1-9-14(24-10(2)20-9)15(22)21-11-7-18-16(19-8-11)23-13-6-4-3-5-12(13)17/h3-8H,1-2H3,(H,21,22). The molecule has 0 aliphatic heterocycles. The summed E-state index contributed by atoms with van der Waals surface area (Å²) in [5.74, 6) is -0.746. The number of anilines is 1. The highest BCUT2D eigenvalue weighted by Crippen LogP contribution is 2.22. The van der Waals surface area contributed by atoms with Gasteiger partial charge in [-0.2, -0.15) is 0 Å². The number of carbonyl (C=O) groups excluding carboxylic acids is 1. The van der Waals surface area contributed by atoms with Crippen LogP contribution in [-0.2, 0) is 0 Å². The van der Waals surface area contributed by atoms with Gasteiger partial charge in [-0.1, -0.05) is 12.1 Å². The molecular weight excluding hydrogens is 331 g/mol. The maximum absolute atomic E-state index is 13.5. The van der Waals surface area contributed by atoms with Crippen LogP contribution >= 0.6 is 11.3 Å². The van der Waals surface area contributed by atoms with Gasteiger partial charge in [0.25, 0.3) is 5.91 Å². The minimum absolute atomic E-state index is 0.0112. The maximum Gasteiger partial charge on any atom is 0.322 e. The van der Waals surface area contributed by atoms with Crippen molar-refractivity contribution in [1.29, 1.82) is 0 Å². The summed E-state index contributed by atoms with van der Waals surface area (Å²) >= 11 is 1.32. The molecule has 0 aliphatic carbocycles. The quantitative estimate of drug-likeness (QED) is 0.780. The van der Waals surface area contributed by atoms with Crippen LogP contribution in [0.25, 0.3) is 0 Å². The van der Waals surface area contributed by atoms with Crippen LogP contribution < -0.4 is 10.1 Å². The Morgan fingerprint density at radius 3 is 2.54 bits per heavy atom. The van der Waals surface area contributed by atoms with Gasteiger partial charge in [0.15, 0.2) is 11.6 Å². The van der Waals surface area contributed by atoms with E-state index in [0.29, 0.717) is 16.3 Å². The smallest absolute Gasteiger partial charge is 0.322 e. The van der Waals surface area contributed by atoms with Crippen LogP contribution in [0.15, 0.2) is 36.7 Å². The number of nitrogens with zero attached hydrogens (tertiary/aromatic N) is 3. The summed E-state index contributed by atoms with van der Waals surface area (Å²) in [6.07, 6.45) is 2.79.